The molecule has 1 aliphatic heterocycles. The highest BCUT2D eigenvalue weighted by Crippen LogP contribution is 2.27. The molecule has 0 aliphatic carbocycles. The number of piperidine rings is 1. The first-order valence-corrected chi connectivity index (χ1v) is 7.90. The summed E-state index contributed by atoms with van der Waals surface area (Å²) >= 11 is 0. The minimum atomic E-state index is -4.14. The van der Waals surface area contributed by atoms with E-state index in [0.29, 0.717) is 18.7 Å². The van der Waals surface area contributed by atoms with E-state index in [9.17, 15) is 17.6 Å². The summed E-state index contributed by atoms with van der Waals surface area (Å²) in [6.07, 6.45) is 2.23. The Kier molecular flexibility index (Phi) is 4.23. The van der Waals surface area contributed by atoms with Gasteiger partial charge in [-0.2, -0.15) is 0 Å². The van der Waals surface area contributed by atoms with E-state index < -0.39 is 26.3 Å². The molecule has 20 heavy (non-hydrogen) atoms. The molecule has 0 bridgehead atoms. The Morgan fingerprint density at radius 3 is 2.50 bits per heavy atom. The maximum atomic E-state index is 13.7. The molecule has 2 rings (SSSR count). The van der Waals surface area contributed by atoms with Crippen LogP contribution in [0.15, 0.2) is 39.8 Å². The van der Waals surface area contributed by atoms with Crippen molar-refractivity contribution >= 4 is 15.6 Å². The van der Waals surface area contributed by atoms with Gasteiger partial charge >= 0.3 is 0 Å². The normalized spacial score (nSPS) is 18.3. The molecule has 0 radical (unpaired) electrons. The Hall–Kier alpha value is -1.69. The minimum absolute atomic E-state index is 0.317. The zero-order valence-electron chi connectivity index (χ0n) is 11.1. The van der Waals surface area contributed by atoms with Crippen molar-refractivity contribution in [3.63, 3.8) is 0 Å². The second kappa shape index (κ2) is 5.75. The lowest BCUT2D eigenvalue weighted by Crippen LogP contribution is -2.26. The van der Waals surface area contributed by atoms with E-state index in [-0.39, 0.29) is 4.91 Å². The standard InChI is InChI=1S/C14H16FNO3S/c1-10(17)14(12-7-4-5-9-16-12)20(18,19)13-8-3-2-6-11(13)15/h2-3,6,8,16H,4-5,7,9H2,1H3. The highest BCUT2D eigenvalue weighted by atomic mass is 32.2. The van der Waals surface area contributed by atoms with Crippen LogP contribution in [0.5, 0.6) is 0 Å². The number of allylic oxidation sites excluding steroid dienone is 2. The molecule has 1 heterocycles. The highest BCUT2D eigenvalue weighted by molar-refractivity contribution is 7.96. The van der Waals surface area contributed by atoms with Gasteiger partial charge in [-0.25, -0.2) is 12.8 Å². The Morgan fingerprint density at radius 1 is 1.25 bits per heavy atom. The predicted molar refractivity (Wildman–Crippen MR) is 73.1 cm³/mol. The first-order chi connectivity index (χ1) is 9.44. The van der Waals surface area contributed by atoms with Crippen molar-refractivity contribution in [2.75, 3.05) is 6.54 Å². The summed E-state index contributed by atoms with van der Waals surface area (Å²) in [4.78, 5) is 11.0. The third kappa shape index (κ3) is 2.75. The number of benzene rings is 1. The number of carbonyl (C=O) groups excluding carboxylic acids is 1. The molecule has 1 saturated heterocycles. The van der Waals surface area contributed by atoms with Crippen LogP contribution >= 0.6 is 0 Å². The molecule has 0 unspecified atom stereocenters. The smallest absolute Gasteiger partial charge is 0.214 e. The van der Waals surface area contributed by atoms with E-state index in [0.717, 1.165) is 18.9 Å². The topological polar surface area (TPSA) is 63.2 Å². The first kappa shape index (κ1) is 14.7. The molecule has 0 atom stereocenters. The van der Waals surface area contributed by atoms with Crippen LogP contribution in [-0.2, 0) is 14.6 Å². The molecule has 0 amide bonds. The van der Waals surface area contributed by atoms with E-state index in [1.165, 1.54) is 25.1 Å². The number of sulfone groups is 1. The zero-order valence-corrected chi connectivity index (χ0v) is 12.0. The van der Waals surface area contributed by atoms with Crippen molar-refractivity contribution < 1.29 is 17.6 Å². The molecule has 1 aromatic carbocycles. The van der Waals surface area contributed by atoms with Crippen molar-refractivity contribution in [1.82, 2.24) is 5.32 Å². The van der Waals surface area contributed by atoms with Crippen LogP contribution < -0.4 is 5.32 Å². The average Bonchev–Trinajstić information content (AvgIpc) is 2.39. The van der Waals surface area contributed by atoms with Gasteiger partial charge in [0.2, 0.25) is 9.84 Å². The number of nitrogens with one attached hydrogen (secondary N) is 1. The van der Waals surface area contributed by atoms with Crippen molar-refractivity contribution in [1.29, 1.82) is 0 Å². The highest BCUT2D eigenvalue weighted by Gasteiger charge is 2.30. The van der Waals surface area contributed by atoms with E-state index in [2.05, 4.69) is 5.32 Å². The van der Waals surface area contributed by atoms with Crippen molar-refractivity contribution in [2.24, 2.45) is 0 Å². The first-order valence-electron chi connectivity index (χ1n) is 6.42. The van der Waals surface area contributed by atoms with E-state index in [1.54, 1.807) is 0 Å². The van der Waals surface area contributed by atoms with Crippen molar-refractivity contribution in [2.45, 2.75) is 31.1 Å². The summed E-state index contributed by atoms with van der Waals surface area (Å²) in [5.74, 6) is -1.42. The summed E-state index contributed by atoms with van der Waals surface area (Å²) < 4.78 is 38.8. The van der Waals surface area contributed by atoms with Crippen molar-refractivity contribution in [3.05, 3.63) is 40.7 Å². The van der Waals surface area contributed by atoms with Gasteiger partial charge in [0.25, 0.3) is 0 Å². The maximum absolute atomic E-state index is 13.7. The molecule has 0 spiro atoms. The van der Waals surface area contributed by atoms with Crippen LogP contribution in [0.3, 0.4) is 0 Å². The Morgan fingerprint density at radius 2 is 1.95 bits per heavy atom. The van der Waals surface area contributed by atoms with E-state index in [1.807, 2.05) is 0 Å². The molecule has 1 fully saturated rings. The molecule has 1 N–H and O–H groups in total. The summed E-state index contributed by atoms with van der Waals surface area (Å²) in [5, 5.41) is 2.95. The molecular formula is C14H16FNO3S. The van der Waals surface area contributed by atoms with Gasteiger partial charge in [-0.3, -0.25) is 4.79 Å². The van der Waals surface area contributed by atoms with Gasteiger partial charge in [0.1, 0.15) is 15.6 Å². The fraction of sp³-hybridized carbons (Fsp3) is 0.357. The third-order valence-corrected chi connectivity index (χ3v) is 5.16. The monoisotopic (exact) mass is 297 g/mol. The van der Waals surface area contributed by atoms with Gasteiger partial charge in [-0.05, 0) is 38.3 Å². The van der Waals surface area contributed by atoms with Crippen molar-refractivity contribution in [3.8, 4) is 0 Å². The maximum Gasteiger partial charge on any atom is 0.214 e. The molecule has 4 nitrogen and oxygen atoms in total. The molecule has 6 heteroatoms. The van der Waals surface area contributed by atoms with Gasteiger partial charge in [0.15, 0.2) is 5.78 Å². The largest absolute Gasteiger partial charge is 0.387 e. The molecular weight excluding hydrogens is 281 g/mol. The molecule has 0 aromatic heterocycles. The fourth-order valence-corrected chi connectivity index (χ4v) is 3.96. The lowest BCUT2D eigenvalue weighted by Gasteiger charge is -2.20. The molecule has 1 aliphatic rings. The Balaban J connectivity index is 2.60. The minimum Gasteiger partial charge on any atom is -0.387 e. The fourth-order valence-electron chi connectivity index (χ4n) is 2.28. The number of carbonyl (C=O) groups is 1. The van der Waals surface area contributed by atoms with Gasteiger partial charge in [0, 0.05) is 12.2 Å². The summed E-state index contributed by atoms with van der Waals surface area (Å²) in [6.45, 7) is 1.82. The lowest BCUT2D eigenvalue weighted by atomic mass is 10.1. The number of hydrogen-bond donors (Lipinski definition) is 1. The number of rotatable bonds is 3. The van der Waals surface area contributed by atoms with Gasteiger partial charge in [-0.1, -0.05) is 12.1 Å². The van der Waals surface area contributed by atoms with Crippen LogP contribution in [0, 0.1) is 5.82 Å². The van der Waals surface area contributed by atoms with Crippen LogP contribution in [0.1, 0.15) is 26.2 Å². The summed E-state index contributed by atoms with van der Waals surface area (Å²) in [5.41, 5.74) is 0.395. The van der Waals surface area contributed by atoms with E-state index in [4.69, 9.17) is 0 Å². The SMILES string of the molecule is CC(=O)C(=C1CCCCN1)S(=O)(=O)c1ccccc1F. The Labute approximate surface area is 117 Å². The number of hydrogen-bond acceptors (Lipinski definition) is 4. The summed E-state index contributed by atoms with van der Waals surface area (Å²) in [7, 11) is -4.14. The third-order valence-electron chi connectivity index (χ3n) is 3.18. The number of Topliss-reactive ketones (excluding diaryl/α,β-unsaturated/α-hetero) is 1. The van der Waals surface area contributed by atoms with E-state index >= 15 is 0 Å². The summed E-state index contributed by atoms with van der Waals surface area (Å²) in [6, 6.07) is 5.10. The van der Waals surface area contributed by atoms with Crippen LogP contribution in [-0.4, -0.2) is 20.7 Å². The Bertz CT molecular complexity index is 657. The number of ketones is 1. The average molecular weight is 297 g/mol. The van der Waals surface area contributed by atoms with Gasteiger partial charge < -0.3 is 5.32 Å². The van der Waals surface area contributed by atoms with Crippen LogP contribution in [0.25, 0.3) is 0 Å². The molecule has 108 valence electrons. The van der Waals surface area contributed by atoms with Gasteiger partial charge in [0.05, 0.1) is 0 Å². The molecule has 1 aromatic rings. The zero-order chi connectivity index (χ0) is 14.8. The second-order valence-electron chi connectivity index (χ2n) is 4.68. The van der Waals surface area contributed by atoms with Crippen LogP contribution in [0.4, 0.5) is 4.39 Å². The number of halogens is 1. The van der Waals surface area contributed by atoms with Gasteiger partial charge in [-0.15, -0.1) is 0 Å². The predicted octanol–water partition coefficient (Wildman–Crippen LogP) is 2.17. The molecule has 0 saturated carbocycles. The second-order valence-corrected chi connectivity index (χ2v) is 6.54. The lowest BCUT2D eigenvalue weighted by molar-refractivity contribution is -0.113. The quantitative estimate of drug-likeness (QED) is 0.869. The van der Waals surface area contributed by atoms with Crippen LogP contribution in [0.2, 0.25) is 0 Å².